The van der Waals surface area contributed by atoms with Crippen LogP contribution in [0.15, 0.2) is 24.3 Å². The summed E-state index contributed by atoms with van der Waals surface area (Å²) in [5.41, 5.74) is 0.755. The molecule has 0 unspecified atom stereocenters. The quantitative estimate of drug-likeness (QED) is 0.710. The van der Waals surface area contributed by atoms with Gasteiger partial charge in [0.05, 0.1) is 12.9 Å². The summed E-state index contributed by atoms with van der Waals surface area (Å²) in [5, 5.41) is 0. The van der Waals surface area contributed by atoms with Crippen molar-refractivity contribution < 1.29 is 13.2 Å². The van der Waals surface area contributed by atoms with Crippen LogP contribution in [0.5, 0.6) is 5.75 Å². The first-order chi connectivity index (χ1) is 5.72. The van der Waals surface area contributed by atoms with Gasteiger partial charge in [-0.15, -0.1) is 0 Å². The Morgan fingerprint density at radius 2 is 2.17 bits per heavy atom. The summed E-state index contributed by atoms with van der Waals surface area (Å²) in [7, 11) is -0.798. The molecule has 1 rings (SSSR count). The van der Waals surface area contributed by atoms with Crippen molar-refractivity contribution in [1.29, 1.82) is 0 Å². The molecule has 0 aliphatic rings. The van der Waals surface area contributed by atoms with Crippen LogP contribution >= 0.6 is 0 Å². The van der Waals surface area contributed by atoms with Gasteiger partial charge in [-0.1, -0.05) is 12.1 Å². The third-order valence-electron chi connectivity index (χ3n) is 1.45. The second-order valence-electron chi connectivity index (χ2n) is 2.34. The van der Waals surface area contributed by atoms with Gasteiger partial charge in [-0.3, -0.25) is 0 Å². The van der Waals surface area contributed by atoms with E-state index in [9.17, 15) is 8.42 Å². The van der Waals surface area contributed by atoms with Crippen LogP contribution in [0.2, 0.25) is 0 Å². The second kappa shape index (κ2) is 4.11. The number of hydrogen-bond acceptors (Lipinski definition) is 3. The zero-order valence-corrected chi connectivity index (χ0v) is 7.58. The summed E-state index contributed by atoms with van der Waals surface area (Å²) < 4.78 is 25.7. The zero-order valence-electron chi connectivity index (χ0n) is 6.69. The van der Waals surface area contributed by atoms with Gasteiger partial charge >= 0.3 is 0 Å². The zero-order chi connectivity index (χ0) is 8.97. The van der Waals surface area contributed by atoms with Gasteiger partial charge in [0.15, 0.2) is 0 Å². The second-order valence-corrected chi connectivity index (χ2v) is 3.32. The lowest BCUT2D eigenvalue weighted by molar-refractivity contribution is 0.414. The standard InChI is InChI=1S/C8H10O3S/c1-11-8-4-2-3-7(5-8)6-12(9)10/h2-5,12H,6H2,1H3. The van der Waals surface area contributed by atoms with Gasteiger partial charge in [0.2, 0.25) is 0 Å². The first-order valence-corrected chi connectivity index (χ1v) is 4.83. The van der Waals surface area contributed by atoms with Crippen LogP contribution in [-0.4, -0.2) is 15.5 Å². The van der Waals surface area contributed by atoms with Crippen molar-refractivity contribution in [3.05, 3.63) is 29.8 Å². The summed E-state index contributed by atoms with van der Waals surface area (Å²) in [6, 6.07) is 7.02. The van der Waals surface area contributed by atoms with E-state index in [0.717, 1.165) is 5.56 Å². The summed E-state index contributed by atoms with van der Waals surface area (Å²) >= 11 is 0. The molecular formula is C8H10O3S. The van der Waals surface area contributed by atoms with E-state index in [1.54, 1.807) is 31.4 Å². The Morgan fingerprint density at radius 3 is 2.75 bits per heavy atom. The van der Waals surface area contributed by atoms with Gasteiger partial charge in [0.25, 0.3) is 0 Å². The van der Waals surface area contributed by atoms with Gasteiger partial charge in [-0.05, 0) is 17.7 Å². The van der Waals surface area contributed by atoms with E-state index in [0.29, 0.717) is 5.75 Å². The maximum Gasteiger partial charge on any atom is 0.144 e. The van der Waals surface area contributed by atoms with Gasteiger partial charge in [0, 0.05) is 0 Å². The predicted octanol–water partition coefficient (Wildman–Crippen LogP) is 0.807. The first kappa shape index (κ1) is 9.06. The molecule has 0 fully saturated rings. The lowest BCUT2D eigenvalue weighted by Gasteiger charge is -2.00. The van der Waals surface area contributed by atoms with E-state index in [-0.39, 0.29) is 5.75 Å². The van der Waals surface area contributed by atoms with Crippen LogP contribution in [0.4, 0.5) is 0 Å². The highest BCUT2D eigenvalue weighted by Crippen LogP contribution is 2.12. The summed E-state index contributed by atoms with van der Waals surface area (Å²) in [6.07, 6.45) is 0. The smallest absolute Gasteiger partial charge is 0.144 e. The van der Waals surface area contributed by atoms with Gasteiger partial charge in [-0.2, -0.15) is 0 Å². The van der Waals surface area contributed by atoms with Crippen LogP contribution in [-0.2, 0) is 16.5 Å². The Bertz CT molecular complexity index is 323. The van der Waals surface area contributed by atoms with E-state index in [1.807, 2.05) is 0 Å². The third-order valence-corrected chi connectivity index (χ3v) is 2.07. The molecule has 0 atom stereocenters. The molecule has 12 heavy (non-hydrogen) atoms. The van der Waals surface area contributed by atoms with Gasteiger partial charge < -0.3 is 4.74 Å². The molecule has 0 bridgehead atoms. The fraction of sp³-hybridized carbons (Fsp3) is 0.250. The maximum absolute atomic E-state index is 10.4. The van der Waals surface area contributed by atoms with E-state index in [2.05, 4.69) is 0 Å². The third kappa shape index (κ3) is 2.54. The monoisotopic (exact) mass is 186 g/mol. The minimum absolute atomic E-state index is 0.0759. The van der Waals surface area contributed by atoms with Crippen molar-refractivity contribution in [3.8, 4) is 5.75 Å². The number of methoxy groups -OCH3 is 1. The molecule has 0 aromatic heterocycles. The number of rotatable bonds is 3. The van der Waals surface area contributed by atoms with Crippen molar-refractivity contribution in [2.24, 2.45) is 0 Å². The number of thiol groups is 1. The highest BCUT2D eigenvalue weighted by atomic mass is 32.2. The Morgan fingerprint density at radius 1 is 1.42 bits per heavy atom. The molecule has 0 N–H and O–H groups in total. The van der Waals surface area contributed by atoms with Crippen molar-refractivity contribution in [2.45, 2.75) is 5.75 Å². The highest BCUT2D eigenvalue weighted by molar-refractivity contribution is 7.71. The van der Waals surface area contributed by atoms with Crippen molar-refractivity contribution in [2.75, 3.05) is 7.11 Å². The lowest BCUT2D eigenvalue weighted by atomic mass is 10.2. The van der Waals surface area contributed by atoms with Crippen LogP contribution in [0.25, 0.3) is 0 Å². The average Bonchev–Trinajstić information content (AvgIpc) is 2.03. The molecule has 1 aromatic carbocycles. The molecule has 0 saturated carbocycles. The fourth-order valence-electron chi connectivity index (χ4n) is 0.920. The van der Waals surface area contributed by atoms with E-state index < -0.39 is 10.7 Å². The molecule has 0 heterocycles. The normalized spacial score (nSPS) is 10.2. The summed E-state index contributed by atoms with van der Waals surface area (Å²) in [6.45, 7) is 0. The topological polar surface area (TPSA) is 43.4 Å². The molecule has 0 aliphatic carbocycles. The molecule has 0 saturated heterocycles. The highest BCUT2D eigenvalue weighted by Gasteiger charge is 1.95. The average molecular weight is 186 g/mol. The van der Waals surface area contributed by atoms with Crippen LogP contribution in [0.3, 0.4) is 0 Å². The Kier molecular flexibility index (Phi) is 3.10. The minimum Gasteiger partial charge on any atom is -0.497 e. The summed E-state index contributed by atoms with van der Waals surface area (Å²) in [5.74, 6) is 0.761. The molecule has 0 amide bonds. The van der Waals surface area contributed by atoms with E-state index >= 15 is 0 Å². The molecule has 0 radical (unpaired) electrons. The van der Waals surface area contributed by atoms with Crippen molar-refractivity contribution in [1.82, 2.24) is 0 Å². The van der Waals surface area contributed by atoms with Crippen LogP contribution in [0.1, 0.15) is 5.56 Å². The Hall–Kier alpha value is -1.03. The van der Waals surface area contributed by atoms with Crippen molar-refractivity contribution in [3.63, 3.8) is 0 Å². The molecule has 4 heteroatoms. The predicted molar refractivity (Wildman–Crippen MR) is 47.0 cm³/mol. The number of hydrogen-bond donors (Lipinski definition) is 1. The largest absolute Gasteiger partial charge is 0.497 e. The fourth-order valence-corrected chi connectivity index (χ4v) is 1.41. The Balaban J connectivity index is 2.86. The minimum atomic E-state index is -2.35. The van der Waals surface area contributed by atoms with Gasteiger partial charge in [-0.25, -0.2) is 8.42 Å². The molecular weight excluding hydrogens is 176 g/mol. The molecule has 66 valence electrons. The van der Waals surface area contributed by atoms with E-state index in [1.165, 1.54) is 0 Å². The van der Waals surface area contributed by atoms with Crippen LogP contribution in [0, 0.1) is 0 Å². The summed E-state index contributed by atoms with van der Waals surface area (Å²) in [4.78, 5) is 0. The SMILES string of the molecule is COc1cccc(C[SH](=O)=O)c1. The van der Waals surface area contributed by atoms with Crippen LogP contribution < -0.4 is 4.74 Å². The maximum atomic E-state index is 10.4. The van der Waals surface area contributed by atoms with E-state index in [4.69, 9.17) is 4.74 Å². The molecule has 0 aliphatic heterocycles. The molecule has 1 aromatic rings. The molecule has 0 spiro atoms. The number of ether oxygens (including phenoxy) is 1. The van der Waals surface area contributed by atoms with Crippen molar-refractivity contribution >= 4 is 10.7 Å². The van der Waals surface area contributed by atoms with Gasteiger partial charge in [0.1, 0.15) is 16.5 Å². The molecule has 3 nitrogen and oxygen atoms in total. The lowest BCUT2D eigenvalue weighted by Crippen LogP contribution is -1.88. The Labute approximate surface area is 72.9 Å². The number of benzene rings is 1. The first-order valence-electron chi connectivity index (χ1n) is 3.47.